The van der Waals surface area contributed by atoms with E-state index in [1.54, 1.807) is 0 Å². The monoisotopic (exact) mass is 104 g/mol. The zero-order chi connectivity index (χ0) is 0. The Bertz CT molecular complexity index is 6.00. The molecular formula is AlF2K+2. The number of rotatable bonds is 0. The maximum atomic E-state index is 0. The molecule has 0 N–H and O–H groups in total. The Morgan fingerprint density at radius 3 is 0.750 bits per heavy atom. The Kier molecular flexibility index (Phi) is 184. The predicted molar refractivity (Wildman–Crippen MR) is 5.75 cm³/mol. The van der Waals surface area contributed by atoms with Crippen molar-refractivity contribution >= 4 is 17.4 Å². The fourth-order valence-corrected chi connectivity index (χ4v) is 0. The van der Waals surface area contributed by atoms with Crippen molar-refractivity contribution in [2.24, 2.45) is 0 Å². The van der Waals surface area contributed by atoms with Crippen molar-refractivity contribution in [2.75, 3.05) is 0 Å². The largest absolute Gasteiger partial charge is 3.00 e. The first kappa shape index (κ1) is 37.0. The maximum absolute atomic E-state index is 0. The number of halogens is 2. The van der Waals surface area contributed by atoms with Gasteiger partial charge in [0.25, 0.3) is 0 Å². The fourth-order valence-electron chi connectivity index (χ4n) is 0. The Balaban J connectivity index is 0. The van der Waals surface area contributed by atoms with Crippen LogP contribution in [0.2, 0.25) is 0 Å². The molecule has 0 heterocycles. The van der Waals surface area contributed by atoms with E-state index in [1.807, 2.05) is 0 Å². The molecule has 0 amide bonds. The summed E-state index contributed by atoms with van der Waals surface area (Å²) < 4.78 is 0. The quantitative estimate of drug-likeness (QED) is 0.268. The molecule has 0 saturated heterocycles. The molecule has 0 saturated carbocycles. The van der Waals surface area contributed by atoms with Crippen LogP contribution in [0.3, 0.4) is 0 Å². The van der Waals surface area contributed by atoms with Crippen LogP contribution < -0.4 is 60.8 Å². The van der Waals surface area contributed by atoms with Crippen LogP contribution in [0.5, 0.6) is 0 Å². The molecule has 0 unspecified atom stereocenters. The maximum Gasteiger partial charge on any atom is 3.00 e. The van der Waals surface area contributed by atoms with Gasteiger partial charge in [0.2, 0.25) is 0 Å². The molecule has 0 fully saturated rings. The van der Waals surface area contributed by atoms with Crippen LogP contribution in [0.25, 0.3) is 0 Å². The smallest absolute Gasteiger partial charge is 1.00 e. The van der Waals surface area contributed by atoms with Crippen LogP contribution in [0.4, 0.5) is 0 Å². The molecule has 0 bridgehead atoms. The second-order valence-corrected chi connectivity index (χ2v) is 0. The summed E-state index contributed by atoms with van der Waals surface area (Å²) in [5.41, 5.74) is 0. The van der Waals surface area contributed by atoms with Gasteiger partial charge in [-0.1, -0.05) is 0 Å². The average Bonchev–Trinajstić information content (AvgIpc) is 0. The molecule has 0 aliphatic carbocycles. The van der Waals surface area contributed by atoms with Crippen LogP contribution in [-0.4, -0.2) is 17.4 Å². The zero-order valence-corrected chi connectivity index (χ0v) is 6.61. The Labute approximate surface area is 76.6 Å². The van der Waals surface area contributed by atoms with E-state index in [-0.39, 0.29) is 78.2 Å². The minimum atomic E-state index is 0. The second kappa shape index (κ2) is 19.8. The molecular weight excluding hydrogens is 104 g/mol. The molecule has 0 aromatic heterocycles. The van der Waals surface area contributed by atoms with Gasteiger partial charge in [0, 0.05) is 0 Å². The van der Waals surface area contributed by atoms with E-state index in [9.17, 15) is 0 Å². The molecule has 0 aromatic rings. The van der Waals surface area contributed by atoms with Crippen molar-refractivity contribution in [3.63, 3.8) is 0 Å². The molecule has 16 valence electrons. The average molecular weight is 104 g/mol. The van der Waals surface area contributed by atoms with Gasteiger partial charge in [0.05, 0.1) is 0 Å². The van der Waals surface area contributed by atoms with Crippen LogP contribution in [0.15, 0.2) is 0 Å². The third-order valence-electron chi connectivity index (χ3n) is 0. The number of hydrogen-bond acceptors (Lipinski definition) is 0. The van der Waals surface area contributed by atoms with Gasteiger partial charge >= 0.3 is 68.7 Å². The van der Waals surface area contributed by atoms with Crippen LogP contribution in [-0.2, 0) is 0 Å². The van der Waals surface area contributed by atoms with E-state index < -0.39 is 0 Å². The molecule has 0 aliphatic heterocycles. The molecule has 4 heavy (non-hydrogen) atoms. The van der Waals surface area contributed by atoms with Crippen LogP contribution in [0.1, 0.15) is 0 Å². The van der Waals surface area contributed by atoms with Crippen molar-refractivity contribution in [3.8, 4) is 0 Å². The van der Waals surface area contributed by atoms with E-state index in [4.69, 9.17) is 0 Å². The summed E-state index contributed by atoms with van der Waals surface area (Å²) in [5.74, 6) is 0. The summed E-state index contributed by atoms with van der Waals surface area (Å²) in [6, 6.07) is 0. The van der Waals surface area contributed by atoms with Gasteiger partial charge in [-0.3, -0.25) is 0 Å². The molecule has 0 nitrogen and oxygen atoms in total. The minimum absolute atomic E-state index is 0. The predicted octanol–water partition coefficient (Wildman–Crippen LogP) is -9.37. The molecule has 0 atom stereocenters. The topological polar surface area (TPSA) is 0 Å². The van der Waals surface area contributed by atoms with Crippen molar-refractivity contribution in [2.45, 2.75) is 0 Å². The van der Waals surface area contributed by atoms with E-state index in [1.165, 1.54) is 0 Å². The summed E-state index contributed by atoms with van der Waals surface area (Å²) in [7, 11) is 0. The van der Waals surface area contributed by atoms with E-state index in [0.717, 1.165) is 0 Å². The van der Waals surface area contributed by atoms with Crippen LogP contribution >= 0.6 is 0 Å². The summed E-state index contributed by atoms with van der Waals surface area (Å²) in [6.07, 6.45) is 0. The molecule has 0 aromatic carbocycles. The van der Waals surface area contributed by atoms with Crippen molar-refractivity contribution < 1.29 is 60.8 Å². The minimum Gasteiger partial charge on any atom is -1.00 e. The molecule has 0 rings (SSSR count). The second-order valence-electron chi connectivity index (χ2n) is 0. The van der Waals surface area contributed by atoms with Gasteiger partial charge in [-0.2, -0.15) is 0 Å². The normalized spacial score (nSPS) is 0. The van der Waals surface area contributed by atoms with Gasteiger partial charge < -0.3 is 9.41 Å². The molecule has 0 spiro atoms. The first-order valence-corrected chi connectivity index (χ1v) is 0. The third-order valence-corrected chi connectivity index (χ3v) is 0. The SMILES string of the molecule is [Al+3].[F-].[F-].[K+]. The zero-order valence-electron chi connectivity index (χ0n) is 2.33. The van der Waals surface area contributed by atoms with Gasteiger partial charge in [0.15, 0.2) is 0 Å². The van der Waals surface area contributed by atoms with Crippen LogP contribution in [0, 0.1) is 0 Å². The first-order valence-electron chi connectivity index (χ1n) is 0. The van der Waals surface area contributed by atoms with Gasteiger partial charge in [-0.15, -0.1) is 0 Å². The Hall–Kier alpha value is 2.03. The summed E-state index contributed by atoms with van der Waals surface area (Å²) in [5, 5.41) is 0. The molecule has 0 aliphatic rings. The van der Waals surface area contributed by atoms with Crippen molar-refractivity contribution in [1.29, 1.82) is 0 Å². The van der Waals surface area contributed by atoms with Crippen molar-refractivity contribution in [3.05, 3.63) is 0 Å². The Morgan fingerprint density at radius 2 is 0.750 bits per heavy atom. The summed E-state index contributed by atoms with van der Waals surface area (Å²) in [6.45, 7) is 0. The van der Waals surface area contributed by atoms with Crippen molar-refractivity contribution in [1.82, 2.24) is 0 Å². The van der Waals surface area contributed by atoms with E-state index in [0.29, 0.717) is 0 Å². The standard InChI is InChI=1S/Al.2FH.K/h;2*1H;/q+3;;;+1/p-2. The van der Waals surface area contributed by atoms with E-state index >= 15 is 0 Å². The summed E-state index contributed by atoms with van der Waals surface area (Å²) in [4.78, 5) is 0. The summed E-state index contributed by atoms with van der Waals surface area (Å²) >= 11 is 0. The van der Waals surface area contributed by atoms with Gasteiger partial charge in [0.1, 0.15) is 0 Å². The number of hydrogen-bond donors (Lipinski definition) is 0. The third kappa shape index (κ3) is 8.98. The molecule has 0 radical (unpaired) electrons. The van der Waals surface area contributed by atoms with Gasteiger partial charge in [-0.25, -0.2) is 0 Å². The Morgan fingerprint density at radius 1 is 0.750 bits per heavy atom. The molecule has 4 heteroatoms. The van der Waals surface area contributed by atoms with Gasteiger partial charge in [-0.05, 0) is 0 Å². The fraction of sp³-hybridized carbons (Fsp3) is 0. The van der Waals surface area contributed by atoms with E-state index in [2.05, 4.69) is 0 Å². The first-order chi connectivity index (χ1) is 0.